The number of aliphatic hydroxyl groups is 1. The predicted octanol–water partition coefficient (Wildman–Crippen LogP) is 0.864. The van der Waals surface area contributed by atoms with Crippen molar-refractivity contribution in [2.75, 3.05) is 12.8 Å². The number of rotatable bonds is 3. The molecule has 0 radical (unpaired) electrons. The second-order valence-electron chi connectivity index (χ2n) is 2.26. The lowest BCUT2D eigenvalue weighted by molar-refractivity contribution is 0.320. The van der Waals surface area contributed by atoms with Gasteiger partial charge in [-0.15, -0.1) is 0 Å². The molecule has 3 heteroatoms. The molecule has 0 bridgehead atoms. The number of benzene rings is 1. The number of aliphatic hydroxyl groups excluding tert-OH is 1. The summed E-state index contributed by atoms with van der Waals surface area (Å²) in [6.45, 7) is 0.00664. The van der Waals surface area contributed by atoms with Gasteiger partial charge in [-0.05, 0) is 0 Å². The Kier molecular flexibility index (Phi) is 3.34. The first-order valence-electron chi connectivity index (χ1n) is 3.53. The molecule has 0 heterocycles. The molecule has 1 aromatic rings. The third-order valence-electron chi connectivity index (χ3n) is 1.43. The molecular formula is C8H11O2P. The summed E-state index contributed by atoms with van der Waals surface area (Å²) in [4.78, 5) is 0. The van der Waals surface area contributed by atoms with Crippen LogP contribution in [0.25, 0.3) is 0 Å². The first-order chi connectivity index (χ1) is 5.34. The molecule has 0 amide bonds. The van der Waals surface area contributed by atoms with Crippen LogP contribution in [0.2, 0.25) is 0 Å². The van der Waals surface area contributed by atoms with E-state index in [2.05, 4.69) is 0 Å². The van der Waals surface area contributed by atoms with Gasteiger partial charge in [0.25, 0.3) is 0 Å². The molecule has 0 spiro atoms. The average molecular weight is 170 g/mol. The standard InChI is InChI=1S/C8H11O2P/c9-6-7-11(10)8-4-2-1-3-5-8/h1-5,9,11H,6-7H2. The van der Waals surface area contributed by atoms with Gasteiger partial charge in [-0.1, -0.05) is 30.3 Å². The van der Waals surface area contributed by atoms with E-state index in [1.54, 1.807) is 0 Å². The third-order valence-corrected chi connectivity index (χ3v) is 3.09. The first-order valence-corrected chi connectivity index (χ1v) is 5.15. The van der Waals surface area contributed by atoms with Crippen LogP contribution in [0, 0.1) is 0 Å². The fourth-order valence-corrected chi connectivity index (χ4v) is 1.93. The smallest absolute Gasteiger partial charge is 0.106 e. The van der Waals surface area contributed by atoms with E-state index in [4.69, 9.17) is 5.11 Å². The van der Waals surface area contributed by atoms with Crippen LogP contribution >= 0.6 is 7.80 Å². The summed E-state index contributed by atoms with van der Waals surface area (Å²) in [7, 11) is -1.72. The van der Waals surface area contributed by atoms with Crippen LogP contribution in [-0.2, 0) is 4.57 Å². The van der Waals surface area contributed by atoms with Crippen LogP contribution in [0.15, 0.2) is 30.3 Å². The molecule has 0 saturated heterocycles. The lowest BCUT2D eigenvalue weighted by Gasteiger charge is -1.97. The van der Waals surface area contributed by atoms with Crippen LogP contribution in [0.4, 0.5) is 0 Å². The zero-order valence-electron chi connectivity index (χ0n) is 6.16. The molecule has 1 aromatic carbocycles. The van der Waals surface area contributed by atoms with Gasteiger partial charge in [0.2, 0.25) is 0 Å². The number of hydrogen-bond donors (Lipinski definition) is 1. The Morgan fingerprint density at radius 1 is 1.27 bits per heavy atom. The molecular weight excluding hydrogens is 159 g/mol. The van der Waals surface area contributed by atoms with Gasteiger partial charge in [-0.2, -0.15) is 0 Å². The fourth-order valence-electron chi connectivity index (χ4n) is 0.870. The van der Waals surface area contributed by atoms with Crippen molar-refractivity contribution in [3.8, 4) is 0 Å². The van der Waals surface area contributed by atoms with Crippen LogP contribution in [0.5, 0.6) is 0 Å². The van der Waals surface area contributed by atoms with Crippen molar-refractivity contribution in [3.63, 3.8) is 0 Å². The fraction of sp³-hybridized carbons (Fsp3) is 0.250. The molecule has 1 rings (SSSR count). The molecule has 2 nitrogen and oxygen atoms in total. The Morgan fingerprint density at radius 3 is 2.45 bits per heavy atom. The van der Waals surface area contributed by atoms with Crippen molar-refractivity contribution in [1.82, 2.24) is 0 Å². The predicted molar refractivity (Wildman–Crippen MR) is 47.0 cm³/mol. The quantitative estimate of drug-likeness (QED) is 0.683. The Hall–Kier alpha value is -0.590. The van der Waals surface area contributed by atoms with Gasteiger partial charge >= 0.3 is 0 Å². The normalized spacial score (nSPS) is 12.8. The van der Waals surface area contributed by atoms with Crippen molar-refractivity contribution in [1.29, 1.82) is 0 Å². The van der Waals surface area contributed by atoms with E-state index < -0.39 is 7.80 Å². The van der Waals surface area contributed by atoms with Crippen molar-refractivity contribution in [2.45, 2.75) is 0 Å². The highest BCUT2D eigenvalue weighted by Crippen LogP contribution is 2.17. The van der Waals surface area contributed by atoms with Crippen LogP contribution in [0.3, 0.4) is 0 Å². The molecule has 0 aliphatic carbocycles. The zero-order valence-corrected chi connectivity index (χ0v) is 7.16. The van der Waals surface area contributed by atoms with Gasteiger partial charge in [0.15, 0.2) is 0 Å². The SMILES string of the molecule is O=[PH](CCO)c1ccccc1. The van der Waals surface area contributed by atoms with Gasteiger partial charge < -0.3 is 9.67 Å². The van der Waals surface area contributed by atoms with Gasteiger partial charge in [0, 0.05) is 18.1 Å². The van der Waals surface area contributed by atoms with E-state index >= 15 is 0 Å². The summed E-state index contributed by atoms with van der Waals surface area (Å²) >= 11 is 0. The monoisotopic (exact) mass is 170 g/mol. The van der Waals surface area contributed by atoms with Crippen LogP contribution in [-0.4, -0.2) is 17.9 Å². The molecule has 1 atom stereocenters. The van der Waals surface area contributed by atoms with Crippen molar-refractivity contribution >= 4 is 13.1 Å². The van der Waals surface area contributed by atoms with Gasteiger partial charge in [0.05, 0.1) is 0 Å². The van der Waals surface area contributed by atoms with Crippen molar-refractivity contribution in [2.24, 2.45) is 0 Å². The minimum atomic E-state index is -1.72. The van der Waals surface area contributed by atoms with Crippen molar-refractivity contribution in [3.05, 3.63) is 30.3 Å². The lowest BCUT2D eigenvalue weighted by Crippen LogP contribution is -1.98. The minimum absolute atomic E-state index is 0.00664. The molecule has 11 heavy (non-hydrogen) atoms. The minimum Gasteiger partial charge on any atom is -0.396 e. The summed E-state index contributed by atoms with van der Waals surface area (Å²) < 4.78 is 11.3. The molecule has 60 valence electrons. The molecule has 0 aliphatic rings. The molecule has 0 fully saturated rings. The third kappa shape index (κ3) is 2.49. The highest BCUT2D eigenvalue weighted by Gasteiger charge is 1.99. The van der Waals surface area contributed by atoms with Gasteiger partial charge in [0.1, 0.15) is 7.80 Å². The van der Waals surface area contributed by atoms with E-state index in [1.165, 1.54) is 0 Å². The summed E-state index contributed by atoms with van der Waals surface area (Å²) in [6, 6.07) is 9.26. The lowest BCUT2D eigenvalue weighted by atomic mass is 10.4. The topological polar surface area (TPSA) is 37.3 Å². The number of hydrogen-bond acceptors (Lipinski definition) is 2. The van der Waals surface area contributed by atoms with Gasteiger partial charge in [-0.25, -0.2) is 0 Å². The maximum Gasteiger partial charge on any atom is 0.106 e. The van der Waals surface area contributed by atoms with E-state index in [9.17, 15) is 4.57 Å². The second kappa shape index (κ2) is 4.32. The molecule has 0 saturated carbocycles. The van der Waals surface area contributed by atoms with Gasteiger partial charge in [-0.3, -0.25) is 0 Å². The summed E-state index contributed by atoms with van der Waals surface area (Å²) in [5.74, 6) is 0. The zero-order chi connectivity index (χ0) is 8.10. The first kappa shape index (κ1) is 8.51. The van der Waals surface area contributed by atoms with E-state index in [0.717, 1.165) is 5.30 Å². The highest BCUT2D eigenvalue weighted by atomic mass is 31.1. The molecule has 1 unspecified atom stereocenters. The maximum atomic E-state index is 11.3. The summed E-state index contributed by atoms with van der Waals surface area (Å²) in [5, 5.41) is 9.38. The largest absolute Gasteiger partial charge is 0.396 e. The Morgan fingerprint density at radius 2 is 1.91 bits per heavy atom. The van der Waals surface area contributed by atoms with Crippen LogP contribution in [0.1, 0.15) is 0 Å². The van der Waals surface area contributed by atoms with E-state index in [0.29, 0.717) is 6.16 Å². The maximum absolute atomic E-state index is 11.3. The van der Waals surface area contributed by atoms with E-state index in [-0.39, 0.29) is 6.61 Å². The van der Waals surface area contributed by atoms with Crippen LogP contribution < -0.4 is 5.30 Å². The highest BCUT2D eigenvalue weighted by molar-refractivity contribution is 7.53. The summed E-state index contributed by atoms with van der Waals surface area (Å²) in [5.41, 5.74) is 0. The Bertz CT molecular complexity index is 233. The van der Waals surface area contributed by atoms with Crippen molar-refractivity contribution < 1.29 is 9.67 Å². The molecule has 0 aliphatic heterocycles. The summed E-state index contributed by atoms with van der Waals surface area (Å²) in [6.07, 6.45) is 0.397. The second-order valence-corrected chi connectivity index (χ2v) is 4.19. The average Bonchev–Trinajstić information content (AvgIpc) is 2.07. The van der Waals surface area contributed by atoms with E-state index in [1.807, 2.05) is 30.3 Å². The molecule has 0 aromatic heterocycles. The molecule has 1 N–H and O–H groups in total. The Balaban J connectivity index is 2.69. The Labute approximate surface area is 66.7 Å².